The van der Waals surface area contributed by atoms with E-state index in [0.717, 1.165) is 22.5 Å². The molecule has 1 aliphatic heterocycles. The van der Waals surface area contributed by atoms with Gasteiger partial charge in [0.05, 0.1) is 11.3 Å². The Hall–Kier alpha value is -3.86. The first-order valence-corrected chi connectivity index (χ1v) is 10.2. The molecule has 2 amide bonds. The zero-order valence-electron chi connectivity index (χ0n) is 18.1. The van der Waals surface area contributed by atoms with Crippen LogP contribution in [-0.4, -0.2) is 25.9 Å². The molecule has 0 aromatic heterocycles. The normalized spacial score (nSPS) is 13.7. The van der Waals surface area contributed by atoms with Crippen LogP contribution in [0.3, 0.4) is 0 Å². The third kappa shape index (κ3) is 3.82. The van der Waals surface area contributed by atoms with Crippen LogP contribution < -0.4 is 15.1 Å². The number of rotatable bonds is 5. The van der Waals surface area contributed by atoms with E-state index in [1.165, 1.54) is 4.90 Å². The number of carbonyl (C=O) groups is 2. The average Bonchev–Trinajstić information content (AvgIpc) is 3.00. The van der Waals surface area contributed by atoms with Crippen LogP contribution >= 0.6 is 0 Å². The monoisotopic (exact) mass is 411 g/mol. The van der Waals surface area contributed by atoms with Crippen LogP contribution in [0, 0.1) is 13.8 Å². The largest absolute Gasteiger partial charge is 0.378 e. The number of hydrogen-bond acceptors (Lipinski definition) is 4. The molecule has 0 saturated carbocycles. The minimum Gasteiger partial charge on any atom is -0.378 e. The first-order valence-electron chi connectivity index (χ1n) is 10.2. The van der Waals surface area contributed by atoms with Crippen molar-refractivity contribution in [2.75, 3.05) is 29.2 Å². The van der Waals surface area contributed by atoms with Gasteiger partial charge in [0, 0.05) is 25.5 Å². The van der Waals surface area contributed by atoms with Gasteiger partial charge in [-0.25, -0.2) is 4.90 Å². The van der Waals surface area contributed by atoms with Crippen molar-refractivity contribution in [3.8, 4) is 0 Å². The molecule has 0 saturated heterocycles. The quantitative estimate of drug-likeness (QED) is 0.615. The summed E-state index contributed by atoms with van der Waals surface area (Å²) in [5.41, 5.74) is 5.65. The smallest absolute Gasteiger partial charge is 0.282 e. The first kappa shape index (κ1) is 20.4. The van der Waals surface area contributed by atoms with Gasteiger partial charge in [-0.1, -0.05) is 42.5 Å². The van der Waals surface area contributed by atoms with E-state index >= 15 is 0 Å². The maximum absolute atomic E-state index is 13.5. The molecule has 1 heterocycles. The predicted octanol–water partition coefficient (Wildman–Crippen LogP) is 4.77. The van der Waals surface area contributed by atoms with E-state index in [9.17, 15) is 9.59 Å². The second kappa shape index (κ2) is 8.11. The molecule has 1 aliphatic rings. The van der Waals surface area contributed by atoms with Crippen LogP contribution in [0.5, 0.6) is 0 Å². The van der Waals surface area contributed by atoms with E-state index in [0.29, 0.717) is 16.8 Å². The lowest BCUT2D eigenvalue weighted by molar-refractivity contribution is -0.120. The second-order valence-electron chi connectivity index (χ2n) is 7.92. The summed E-state index contributed by atoms with van der Waals surface area (Å²) in [6, 6.07) is 22.8. The summed E-state index contributed by atoms with van der Waals surface area (Å²) in [5, 5.41) is 3.22. The van der Waals surface area contributed by atoms with Crippen molar-refractivity contribution in [1.29, 1.82) is 0 Å². The number of imide groups is 1. The van der Waals surface area contributed by atoms with Crippen molar-refractivity contribution < 1.29 is 9.59 Å². The first-order chi connectivity index (χ1) is 14.9. The molecule has 5 heteroatoms. The number of carbonyl (C=O) groups excluding carboxylic acids is 2. The molecule has 3 aromatic rings. The molecule has 5 nitrogen and oxygen atoms in total. The van der Waals surface area contributed by atoms with Crippen LogP contribution in [0.1, 0.15) is 16.7 Å². The molecule has 156 valence electrons. The van der Waals surface area contributed by atoms with Gasteiger partial charge in [0.1, 0.15) is 5.70 Å². The van der Waals surface area contributed by atoms with Gasteiger partial charge in [0.15, 0.2) is 0 Å². The summed E-state index contributed by atoms with van der Waals surface area (Å²) >= 11 is 0. The highest BCUT2D eigenvalue weighted by molar-refractivity contribution is 6.46. The Morgan fingerprint density at radius 1 is 0.806 bits per heavy atom. The fraction of sp³-hybridized carbons (Fsp3) is 0.154. The van der Waals surface area contributed by atoms with Gasteiger partial charge in [-0.15, -0.1) is 0 Å². The summed E-state index contributed by atoms with van der Waals surface area (Å²) in [7, 11) is 3.94. The van der Waals surface area contributed by atoms with Gasteiger partial charge < -0.3 is 10.2 Å². The minimum absolute atomic E-state index is 0.287. The van der Waals surface area contributed by atoms with Crippen LogP contribution in [-0.2, 0) is 9.59 Å². The lowest BCUT2D eigenvalue weighted by atomic mass is 10.0. The summed E-state index contributed by atoms with van der Waals surface area (Å²) in [5.74, 6) is -0.674. The molecule has 1 N–H and O–H groups in total. The fourth-order valence-electron chi connectivity index (χ4n) is 3.68. The van der Waals surface area contributed by atoms with E-state index in [4.69, 9.17) is 0 Å². The topological polar surface area (TPSA) is 52.7 Å². The third-order valence-electron chi connectivity index (χ3n) is 5.40. The number of benzene rings is 3. The zero-order valence-corrected chi connectivity index (χ0v) is 18.1. The Balaban J connectivity index is 1.80. The van der Waals surface area contributed by atoms with E-state index < -0.39 is 0 Å². The minimum atomic E-state index is -0.353. The SMILES string of the molecule is Cc1ccc(C)c(N2C(=O)C(Nc3ccc(N(C)C)cc3)=C(c3ccccc3)C2=O)c1. The number of anilines is 3. The Kier molecular flexibility index (Phi) is 5.34. The van der Waals surface area contributed by atoms with Crippen LogP contribution in [0.25, 0.3) is 5.57 Å². The number of amides is 2. The van der Waals surface area contributed by atoms with Crippen molar-refractivity contribution >= 4 is 34.4 Å². The van der Waals surface area contributed by atoms with Gasteiger partial charge in [-0.05, 0) is 60.9 Å². The van der Waals surface area contributed by atoms with Crippen LogP contribution in [0.2, 0.25) is 0 Å². The summed E-state index contributed by atoms with van der Waals surface area (Å²) in [6.07, 6.45) is 0. The molecule has 0 unspecified atom stereocenters. The Morgan fingerprint density at radius 3 is 2.13 bits per heavy atom. The van der Waals surface area contributed by atoms with Crippen LogP contribution in [0.15, 0.2) is 78.5 Å². The number of aryl methyl sites for hydroxylation is 2. The summed E-state index contributed by atoms with van der Waals surface area (Å²) < 4.78 is 0. The van der Waals surface area contributed by atoms with Crippen molar-refractivity contribution in [1.82, 2.24) is 0 Å². The molecule has 0 atom stereocenters. The Labute approximate surface area is 182 Å². The molecule has 0 spiro atoms. The van der Waals surface area contributed by atoms with E-state index in [1.54, 1.807) is 0 Å². The standard InChI is InChI=1S/C26H25N3O2/c1-17-10-11-18(2)22(16-17)29-25(30)23(19-8-6-5-7-9-19)24(26(29)31)27-20-12-14-21(15-13-20)28(3)4/h5-16,27H,1-4H3. The number of nitrogens with zero attached hydrogens (tertiary/aromatic N) is 2. The maximum Gasteiger partial charge on any atom is 0.282 e. The van der Waals surface area contributed by atoms with E-state index in [1.807, 2.05) is 106 Å². The lowest BCUT2D eigenvalue weighted by Crippen LogP contribution is -2.33. The second-order valence-corrected chi connectivity index (χ2v) is 7.92. The maximum atomic E-state index is 13.5. The van der Waals surface area contributed by atoms with Gasteiger partial charge >= 0.3 is 0 Å². The van der Waals surface area contributed by atoms with Crippen molar-refractivity contribution in [2.24, 2.45) is 0 Å². The molecule has 3 aromatic carbocycles. The van der Waals surface area contributed by atoms with Gasteiger partial charge in [-0.3, -0.25) is 9.59 Å². The molecule has 0 bridgehead atoms. The zero-order chi connectivity index (χ0) is 22.1. The fourth-order valence-corrected chi connectivity index (χ4v) is 3.68. The highest BCUT2D eigenvalue weighted by Crippen LogP contribution is 2.35. The highest BCUT2D eigenvalue weighted by atomic mass is 16.2. The van der Waals surface area contributed by atoms with Crippen molar-refractivity contribution in [3.05, 3.63) is 95.2 Å². The predicted molar refractivity (Wildman–Crippen MR) is 126 cm³/mol. The molecular weight excluding hydrogens is 386 g/mol. The van der Waals surface area contributed by atoms with E-state index in [-0.39, 0.29) is 17.5 Å². The van der Waals surface area contributed by atoms with E-state index in [2.05, 4.69) is 5.32 Å². The molecule has 0 fully saturated rings. The number of hydrogen-bond donors (Lipinski definition) is 1. The lowest BCUT2D eigenvalue weighted by Gasteiger charge is -2.18. The molecule has 4 rings (SSSR count). The molecule has 0 aliphatic carbocycles. The van der Waals surface area contributed by atoms with Crippen molar-refractivity contribution in [3.63, 3.8) is 0 Å². The molecule has 31 heavy (non-hydrogen) atoms. The van der Waals surface area contributed by atoms with Gasteiger partial charge in [0.2, 0.25) is 0 Å². The van der Waals surface area contributed by atoms with Gasteiger partial charge in [0.25, 0.3) is 11.8 Å². The van der Waals surface area contributed by atoms with Gasteiger partial charge in [-0.2, -0.15) is 0 Å². The highest BCUT2D eigenvalue weighted by Gasteiger charge is 2.40. The number of nitrogens with one attached hydrogen (secondary N) is 1. The van der Waals surface area contributed by atoms with Crippen molar-refractivity contribution in [2.45, 2.75) is 13.8 Å². The third-order valence-corrected chi connectivity index (χ3v) is 5.40. The summed E-state index contributed by atoms with van der Waals surface area (Å²) in [4.78, 5) is 30.3. The Morgan fingerprint density at radius 2 is 1.48 bits per heavy atom. The average molecular weight is 412 g/mol. The van der Waals surface area contributed by atoms with Crippen LogP contribution in [0.4, 0.5) is 17.1 Å². The summed E-state index contributed by atoms with van der Waals surface area (Å²) in [6.45, 7) is 3.86. The Bertz CT molecular complexity index is 1180. The molecular formula is C26H25N3O2. The molecule has 0 radical (unpaired) electrons.